The van der Waals surface area contributed by atoms with Crippen LogP contribution in [0, 0.1) is 5.92 Å². The van der Waals surface area contributed by atoms with Crippen LogP contribution in [0.15, 0.2) is 53.7 Å². The molecule has 1 aromatic carbocycles. The van der Waals surface area contributed by atoms with Crippen LogP contribution in [-0.4, -0.2) is 61.8 Å². The normalized spacial score (nSPS) is 11.7. The van der Waals surface area contributed by atoms with E-state index in [-0.39, 0.29) is 10.8 Å². The number of hydrogen-bond donors (Lipinski definition) is 1. The molecular weight excluding hydrogens is 400 g/mol. The summed E-state index contributed by atoms with van der Waals surface area (Å²) < 4.78 is 27.7. The number of hydrogen-bond acceptors (Lipinski definition) is 5. The minimum absolute atomic E-state index is 0.0816. The molecule has 0 radical (unpaired) electrons. The van der Waals surface area contributed by atoms with Crippen LogP contribution < -0.4 is 4.72 Å². The second kappa shape index (κ2) is 11.1. The summed E-state index contributed by atoms with van der Waals surface area (Å²) >= 11 is 0. The smallest absolute Gasteiger partial charge is 0.261 e. The molecule has 8 heteroatoms. The summed E-state index contributed by atoms with van der Waals surface area (Å²) in [4.78, 5) is 21.2. The van der Waals surface area contributed by atoms with Gasteiger partial charge in [0, 0.05) is 37.6 Å². The first-order valence-corrected chi connectivity index (χ1v) is 11.8. The lowest BCUT2D eigenvalue weighted by atomic mass is 10.1. The average molecular weight is 433 g/mol. The van der Waals surface area contributed by atoms with Gasteiger partial charge >= 0.3 is 0 Å². The lowest BCUT2D eigenvalue weighted by Gasteiger charge is -2.28. The van der Waals surface area contributed by atoms with E-state index in [0.717, 1.165) is 19.6 Å². The molecule has 0 aliphatic heterocycles. The molecule has 0 bridgehead atoms. The van der Waals surface area contributed by atoms with E-state index < -0.39 is 10.0 Å². The fraction of sp³-hybridized carbons (Fsp3) is 0.455. The van der Waals surface area contributed by atoms with Crippen molar-refractivity contribution in [2.45, 2.75) is 32.6 Å². The summed E-state index contributed by atoms with van der Waals surface area (Å²) in [6, 6.07) is 9.25. The molecule has 2 rings (SSSR count). The van der Waals surface area contributed by atoms with Crippen LogP contribution in [0.4, 0.5) is 5.69 Å². The molecule has 164 valence electrons. The number of nitrogens with one attached hydrogen (secondary N) is 1. The minimum atomic E-state index is -3.73. The number of carbonyl (C=O) groups is 1. The molecule has 0 aliphatic rings. The van der Waals surface area contributed by atoms with Gasteiger partial charge in [0.2, 0.25) is 0 Å². The topological polar surface area (TPSA) is 82.6 Å². The van der Waals surface area contributed by atoms with Gasteiger partial charge < -0.3 is 9.80 Å². The Hall–Kier alpha value is -2.45. The molecule has 0 saturated carbocycles. The van der Waals surface area contributed by atoms with Gasteiger partial charge in [-0.1, -0.05) is 27.7 Å². The third-order valence-corrected chi connectivity index (χ3v) is 6.19. The van der Waals surface area contributed by atoms with Crippen molar-refractivity contribution >= 4 is 21.6 Å². The molecule has 30 heavy (non-hydrogen) atoms. The zero-order valence-corrected chi connectivity index (χ0v) is 19.0. The summed E-state index contributed by atoms with van der Waals surface area (Å²) in [7, 11) is -3.73. The Bertz CT molecular complexity index is 896. The van der Waals surface area contributed by atoms with Crippen LogP contribution in [0.1, 0.15) is 38.1 Å². The second-order valence-corrected chi connectivity index (χ2v) is 9.22. The maximum absolute atomic E-state index is 13.1. The van der Waals surface area contributed by atoms with Gasteiger partial charge in [0.05, 0.1) is 10.6 Å². The van der Waals surface area contributed by atoms with Gasteiger partial charge in [-0.15, -0.1) is 0 Å². The maximum Gasteiger partial charge on any atom is 0.261 e. The Labute approximate surface area is 180 Å². The molecule has 7 nitrogen and oxygen atoms in total. The van der Waals surface area contributed by atoms with E-state index in [1.165, 1.54) is 24.5 Å². The SMILES string of the molecule is CCN(CC)CCN(CC(C)C)C(=O)c1ccc(S(=O)(=O)Nc2ccncc2)cc1. The van der Waals surface area contributed by atoms with Crippen molar-refractivity contribution in [3.8, 4) is 0 Å². The molecule has 1 aromatic heterocycles. The van der Waals surface area contributed by atoms with Gasteiger partial charge in [0.1, 0.15) is 0 Å². The van der Waals surface area contributed by atoms with Crippen molar-refractivity contribution < 1.29 is 13.2 Å². The van der Waals surface area contributed by atoms with E-state index in [1.807, 2.05) is 4.90 Å². The Morgan fingerprint density at radius 3 is 2.13 bits per heavy atom. The largest absolute Gasteiger partial charge is 0.337 e. The highest BCUT2D eigenvalue weighted by atomic mass is 32.2. The first-order valence-electron chi connectivity index (χ1n) is 10.3. The number of benzene rings is 1. The van der Waals surface area contributed by atoms with Gasteiger partial charge in [0.25, 0.3) is 15.9 Å². The highest BCUT2D eigenvalue weighted by molar-refractivity contribution is 7.92. The molecule has 0 saturated heterocycles. The number of anilines is 1. The molecule has 2 aromatic rings. The molecule has 0 fully saturated rings. The summed E-state index contributed by atoms with van der Waals surface area (Å²) in [6.45, 7) is 12.4. The average Bonchev–Trinajstić information content (AvgIpc) is 2.73. The van der Waals surface area contributed by atoms with E-state index >= 15 is 0 Å². The van der Waals surface area contributed by atoms with Gasteiger partial charge in [-0.2, -0.15) is 0 Å². The fourth-order valence-corrected chi connectivity index (χ4v) is 4.17. The quantitative estimate of drug-likeness (QED) is 0.589. The highest BCUT2D eigenvalue weighted by Gasteiger charge is 2.20. The fourth-order valence-electron chi connectivity index (χ4n) is 3.11. The van der Waals surface area contributed by atoms with Crippen molar-refractivity contribution in [2.75, 3.05) is 37.4 Å². The lowest BCUT2D eigenvalue weighted by Crippen LogP contribution is -2.40. The third kappa shape index (κ3) is 6.81. The van der Waals surface area contributed by atoms with Crippen molar-refractivity contribution in [3.63, 3.8) is 0 Å². The van der Waals surface area contributed by atoms with Crippen molar-refractivity contribution in [1.29, 1.82) is 0 Å². The predicted octanol–water partition coefficient (Wildman–Crippen LogP) is 3.32. The number of pyridine rings is 1. The summed E-state index contributed by atoms with van der Waals surface area (Å²) in [6.07, 6.45) is 3.03. The molecule has 0 unspecified atom stereocenters. The van der Waals surface area contributed by atoms with Crippen LogP contribution in [0.5, 0.6) is 0 Å². The van der Waals surface area contributed by atoms with Gasteiger partial charge in [-0.25, -0.2) is 8.42 Å². The van der Waals surface area contributed by atoms with Crippen LogP contribution >= 0.6 is 0 Å². The number of aromatic nitrogens is 1. The first-order chi connectivity index (χ1) is 14.3. The van der Waals surface area contributed by atoms with Crippen LogP contribution in [0.3, 0.4) is 0 Å². The molecule has 0 spiro atoms. The van der Waals surface area contributed by atoms with E-state index in [1.54, 1.807) is 24.3 Å². The highest BCUT2D eigenvalue weighted by Crippen LogP contribution is 2.17. The van der Waals surface area contributed by atoms with Crippen molar-refractivity contribution in [3.05, 3.63) is 54.4 Å². The standard InChI is InChI=1S/C22H32N4O3S/c1-5-25(6-2)15-16-26(17-18(3)4)22(27)19-7-9-21(10-8-19)30(28,29)24-20-11-13-23-14-12-20/h7-14,18H,5-6,15-17H2,1-4H3,(H,23,24). The zero-order chi connectivity index (χ0) is 22.1. The molecule has 1 heterocycles. The Kier molecular flexibility index (Phi) is 8.80. The van der Waals surface area contributed by atoms with E-state index in [4.69, 9.17) is 0 Å². The number of nitrogens with zero attached hydrogens (tertiary/aromatic N) is 3. The van der Waals surface area contributed by atoms with Crippen LogP contribution in [-0.2, 0) is 10.0 Å². The molecular formula is C22H32N4O3S. The van der Waals surface area contributed by atoms with E-state index in [0.29, 0.717) is 30.3 Å². The number of rotatable bonds is 11. The van der Waals surface area contributed by atoms with Gasteiger partial charge in [0.15, 0.2) is 0 Å². The Morgan fingerprint density at radius 2 is 1.60 bits per heavy atom. The van der Waals surface area contributed by atoms with Crippen molar-refractivity contribution in [1.82, 2.24) is 14.8 Å². The second-order valence-electron chi connectivity index (χ2n) is 7.54. The maximum atomic E-state index is 13.1. The molecule has 1 N–H and O–H groups in total. The molecule has 1 amide bonds. The van der Waals surface area contributed by atoms with E-state index in [9.17, 15) is 13.2 Å². The predicted molar refractivity (Wildman–Crippen MR) is 120 cm³/mol. The first kappa shape index (κ1) is 23.8. The Morgan fingerprint density at radius 1 is 1.00 bits per heavy atom. The third-order valence-electron chi connectivity index (χ3n) is 4.80. The number of likely N-dealkylation sites (N-methyl/N-ethyl adjacent to an activating group) is 1. The molecule has 0 atom stereocenters. The number of carbonyl (C=O) groups excluding carboxylic acids is 1. The number of sulfonamides is 1. The van der Waals surface area contributed by atoms with Gasteiger partial charge in [-0.05, 0) is 55.4 Å². The molecule has 0 aliphatic carbocycles. The van der Waals surface area contributed by atoms with Crippen LogP contribution in [0.2, 0.25) is 0 Å². The summed E-state index contributed by atoms with van der Waals surface area (Å²) in [5.41, 5.74) is 0.919. The van der Waals surface area contributed by atoms with Crippen molar-refractivity contribution in [2.24, 2.45) is 5.92 Å². The monoisotopic (exact) mass is 432 g/mol. The Balaban J connectivity index is 2.14. The zero-order valence-electron chi connectivity index (χ0n) is 18.2. The lowest BCUT2D eigenvalue weighted by molar-refractivity contribution is 0.0716. The van der Waals surface area contributed by atoms with Crippen LogP contribution in [0.25, 0.3) is 0 Å². The number of amides is 1. The van der Waals surface area contributed by atoms with Gasteiger partial charge in [-0.3, -0.25) is 14.5 Å². The summed E-state index contributed by atoms with van der Waals surface area (Å²) in [5, 5.41) is 0. The minimum Gasteiger partial charge on any atom is -0.337 e. The van der Waals surface area contributed by atoms with E-state index in [2.05, 4.69) is 42.3 Å². The summed E-state index contributed by atoms with van der Waals surface area (Å²) in [5.74, 6) is 0.261.